The first kappa shape index (κ1) is 15.4. The van der Waals surface area contributed by atoms with Gasteiger partial charge in [-0.1, -0.05) is 20.8 Å². The maximum Gasteiger partial charge on any atom is 0.223 e. The molecule has 1 fully saturated rings. The lowest BCUT2D eigenvalue weighted by atomic mass is 9.91. The molecule has 1 aliphatic heterocycles. The summed E-state index contributed by atoms with van der Waals surface area (Å²) in [6.07, 6.45) is 3.10. The van der Waals surface area contributed by atoms with Crippen LogP contribution in [0.1, 0.15) is 40.0 Å². The molecule has 0 unspecified atom stereocenters. The Morgan fingerprint density at radius 1 is 1.28 bits per heavy atom. The van der Waals surface area contributed by atoms with E-state index in [9.17, 15) is 13.2 Å². The second kappa shape index (κ2) is 5.57. The Balaban J connectivity index is 2.42. The van der Waals surface area contributed by atoms with Gasteiger partial charge in [0.1, 0.15) is 0 Å². The van der Waals surface area contributed by atoms with E-state index >= 15 is 0 Å². The van der Waals surface area contributed by atoms with Crippen LogP contribution in [0, 0.1) is 5.41 Å². The molecule has 1 heterocycles. The third-order valence-electron chi connectivity index (χ3n) is 2.91. The zero-order valence-corrected chi connectivity index (χ0v) is 12.5. The minimum atomic E-state index is -3.14. The number of rotatable bonds is 3. The van der Waals surface area contributed by atoms with Crippen LogP contribution in [-0.4, -0.2) is 44.6 Å². The van der Waals surface area contributed by atoms with Gasteiger partial charge >= 0.3 is 0 Å². The average molecular weight is 276 g/mol. The van der Waals surface area contributed by atoms with Crippen molar-refractivity contribution in [1.29, 1.82) is 0 Å². The molecular weight excluding hydrogens is 252 g/mol. The van der Waals surface area contributed by atoms with E-state index in [1.54, 1.807) is 0 Å². The normalized spacial score (nSPS) is 19.0. The summed E-state index contributed by atoms with van der Waals surface area (Å²) < 4.78 is 24.8. The Bertz CT molecular complexity index is 390. The Kier molecular flexibility index (Phi) is 4.78. The van der Waals surface area contributed by atoms with Gasteiger partial charge in [-0.3, -0.25) is 4.79 Å². The zero-order chi connectivity index (χ0) is 14.0. The van der Waals surface area contributed by atoms with E-state index in [0.29, 0.717) is 32.4 Å². The first-order valence-electron chi connectivity index (χ1n) is 6.32. The summed E-state index contributed by atoms with van der Waals surface area (Å²) in [6.45, 7) is 7.42. The van der Waals surface area contributed by atoms with Crippen molar-refractivity contribution in [2.24, 2.45) is 5.41 Å². The van der Waals surface area contributed by atoms with Gasteiger partial charge in [0.25, 0.3) is 0 Å². The summed E-state index contributed by atoms with van der Waals surface area (Å²) in [5, 5.41) is 0. The van der Waals surface area contributed by atoms with Gasteiger partial charge in [-0.15, -0.1) is 0 Å². The third kappa shape index (κ3) is 5.82. The highest BCUT2D eigenvalue weighted by Gasteiger charge is 2.26. The van der Waals surface area contributed by atoms with Gasteiger partial charge in [0, 0.05) is 25.6 Å². The fraction of sp³-hybridized carbons (Fsp3) is 0.917. The van der Waals surface area contributed by atoms with Gasteiger partial charge in [0.15, 0.2) is 0 Å². The van der Waals surface area contributed by atoms with Crippen LogP contribution in [0.5, 0.6) is 0 Å². The molecule has 5 nitrogen and oxygen atoms in total. The summed E-state index contributed by atoms with van der Waals surface area (Å²) in [5.74, 6) is 0.167. The minimum absolute atomic E-state index is 0.00105. The quantitative estimate of drug-likeness (QED) is 0.835. The minimum Gasteiger partial charge on any atom is -0.343 e. The van der Waals surface area contributed by atoms with Crippen molar-refractivity contribution in [2.45, 2.75) is 46.1 Å². The maximum absolute atomic E-state index is 12.0. The van der Waals surface area contributed by atoms with Crippen molar-refractivity contribution in [1.82, 2.24) is 9.62 Å². The highest BCUT2D eigenvalue weighted by Crippen LogP contribution is 2.21. The molecule has 1 N–H and O–H groups in total. The first-order chi connectivity index (χ1) is 8.07. The van der Waals surface area contributed by atoms with E-state index in [4.69, 9.17) is 0 Å². The molecule has 0 saturated carbocycles. The van der Waals surface area contributed by atoms with Crippen LogP contribution in [0.15, 0.2) is 0 Å². The predicted octanol–water partition coefficient (Wildman–Crippen LogP) is 0.963. The van der Waals surface area contributed by atoms with Crippen LogP contribution < -0.4 is 4.72 Å². The van der Waals surface area contributed by atoms with E-state index in [2.05, 4.69) is 4.72 Å². The van der Waals surface area contributed by atoms with Crippen molar-refractivity contribution in [3.05, 3.63) is 0 Å². The molecule has 0 spiro atoms. The standard InChI is InChI=1S/C12H24N2O3S/c1-12(2,3)9-11(15)14-7-5-10(6-8-14)13-18(4,16)17/h10,13H,5-9H2,1-4H3. The van der Waals surface area contributed by atoms with Crippen molar-refractivity contribution < 1.29 is 13.2 Å². The van der Waals surface area contributed by atoms with Crippen LogP contribution in [0.4, 0.5) is 0 Å². The van der Waals surface area contributed by atoms with Crippen LogP contribution in [0.3, 0.4) is 0 Å². The molecule has 0 bridgehead atoms. The van der Waals surface area contributed by atoms with Crippen LogP contribution in [-0.2, 0) is 14.8 Å². The highest BCUT2D eigenvalue weighted by molar-refractivity contribution is 7.88. The van der Waals surface area contributed by atoms with Crippen molar-refractivity contribution >= 4 is 15.9 Å². The Labute approximate surface area is 110 Å². The number of hydrogen-bond acceptors (Lipinski definition) is 3. The van der Waals surface area contributed by atoms with Gasteiger partial charge in [0.05, 0.1) is 6.26 Å². The summed E-state index contributed by atoms with van der Waals surface area (Å²) in [7, 11) is -3.14. The van der Waals surface area contributed by atoms with E-state index < -0.39 is 10.0 Å². The molecule has 0 atom stereocenters. The Hall–Kier alpha value is -0.620. The number of likely N-dealkylation sites (tertiary alicyclic amines) is 1. The monoisotopic (exact) mass is 276 g/mol. The number of piperidine rings is 1. The lowest BCUT2D eigenvalue weighted by Crippen LogP contribution is -2.46. The number of carbonyl (C=O) groups is 1. The Morgan fingerprint density at radius 3 is 2.17 bits per heavy atom. The van der Waals surface area contributed by atoms with Crippen molar-refractivity contribution in [3.63, 3.8) is 0 Å². The van der Waals surface area contributed by atoms with Gasteiger partial charge in [-0.25, -0.2) is 13.1 Å². The molecule has 0 aliphatic carbocycles. The van der Waals surface area contributed by atoms with Gasteiger partial charge in [-0.05, 0) is 18.3 Å². The second-order valence-corrected chi connectivity index (χ2v) is 8.06. The van der Waals surface area contributed by atoms with E-state index in [1.807, 2.05) is 25.7 Å². The van der Waals surface area contributed by atoms with Gasteiger partial charge in [0.2, 0.25) is 15.9 Å². The fourth-order valence-electron chi connectivity index (χ4n) is 2.11. The third-order valence-corrected chi connectivity index (χ3v) is 3.67. The Morgan fingerprint density at radius 2 is 1.78 bits per heavy atom. The lowest BCUT2D eigenvalue weighted by Gasteiger charge is -2.33. The first-order valence-corrected chi connectivity index (χ1v) is 8.21. The fourth-order valence-corrected chi connectivity index (χ4v) is 2.96. The smallest absolute Gasteiger partial charge is 0.223 e. The van der Waals surface area contributed by atoms with E-state index in [1.165, 1.54) is 6.26 Å². The molecule has 1 amide bonds. The van der Waals surface area contributed by atoms with E-state index in [0.717, 1.165) is 0 Å². The summed E-state index contributed by atoms with van der Waals surface area (Å²) in [4.78, 5) is 13.8. The summed E-state index contributed by atoms with van der Waals surface area (Å²) >= 11 is 0. The van der Waals surface area contributed by atoms with E-state index in [-0.39, 0.29) is 17.4 Å². The predicted molar refractivity (Wildman–Crippen MR) is 71.7 cm³/mol. The second-order valence-electron chi connectivity index (χ2n) is 6.28. The van der Waals surface area contributed by atoms with Crippen molar-refractivity contribution in [2.75, 3.05) is 19.3 Å². The number of amides is 1. The molecule has 0 radical (unpaired) electrons. The number of carbonyl (C=O) groups excluding carboxylic acids is 1. The maximum atomic E-state index is 12.0. The number of hydrogen-bond donors (Lipinski definition) is 1. The highest BCUT2D eigenvalue weighted by atomic mass is 32.2. The molecule has 1 aliphatic rings. The number of nitrogens with zero attached hydrogens (tertiary/aromatic N) is 1. The summed E-state index contributed by atoms with van der Waals surface area (Å²) in [6, 6.07) is -0.0290. The molecule has 1 saturated heterocycles. The van der Waals surface area contributed by atoms with Crippen LogP contribution in [0.2, 0.25) is 0 Å². The van der Waals surface area contributed by atoms with Crippen LogP contribution in [0.25, 0.3) is 0 Å². The van der Waals surface area contributed by atoms with Gasteiger partial charge < -0.3 is 4.90 Å². The molecule has 0 aromatic heterocycles. The zero-order valence-electron chi connectivity index (χ0n) is 11.7. The molecule has 106 valence electrons. The molecule has 0 aromatic rings. The largest absolute Gasteiger partial charge is 0.343 e. The summed E-state index contributed by atoms with van der Waals surface area (Å²) in [5.41, 5.74) is -0.00105. The SMILES string of the molecule is CC(C)(C)CC(=O)N1CCC(NS(C)(=O)=O)CC1. The molecule has 18 heavy (non-hydrogen) atoms. The number of nitrogens with one attached hydrogen (secondary N) is 1. The van der Waals surface area contributed by atoms with Gasteiger partial charge in [-0.2, -0.15) is 0 Å². The molecular formula is C12H24N2O3S. The molecule has 6 heteroatoms. The number of sulfonamides is 1. The average Bonchev–Trinajstić information content (AvgIpc) is 2.13. The van der Waals surface area contributed by atoms with Crippen LogP contribution >= 0.6 is 0 Å². The molecule has 1 rings (SSSR count). The topological polar surface area (TPSA) is 66.5 Å². The lowest BCUT2D eigenvalue weighted by molar-refractivity contribution is -0.134. The van der Waals surface area contributed by atoms with Crippen molar-refractivity contribution in [3.8, 4) is 0 Å². The molecule has 0 aromatic carbocycles.